The number of nitrogens with one attached hydrogen (secondary N) is 1. The molecule has 4 heteroatoms. The van der Waals surface area contributed by atoms with Gasteiger partial charge in [-0.25, -0.2) is 0 Å². The molecule has 1 aliphatic heterocycles. The number of nitrogens with zero attached hydrogens (tertiary/aromatic N) is 1. The Morgan fingerprint density at radius 1 is 1.30 bits per heavy atom. The van der Waals surface area contributed by atoms with E-state index in [1.165, 1.54) is 19.5 Å². The molecule has 0 unspecified atom stereocenters. The summed E-state index contributed by atoms with van der Waals surface area (Å²) in [7, 11) is 1.66. The van der Waals surface area contributed by atoms with E-state index in [0.29, 0.717) is 12.2 Å². The molecule has 4 nitrogen and oxygen atoms in total. The number of carbonyl (C=O) groups is 1. The standard InChI is InChI=1S/C19H30N2O2/c1-15-10-16(2)13-21(12-15)9-5-8-20-19(22)18-7-4-6-17(11-18)14-23-3/h4,6-7,11,15-16H,5,8-10,12-14H2,1-3H3,(H,20,22)/t15-,16+. The zero-order valence-electron chi connectivity index (χ0n) is 14.7. The van der Waals surface area contributed by atoms with Crippen molar-refractivity contribution in [3.05, 3.63) is 35.4 Å². The number of likely N-dealkylation sites (tertiary alicyclic amines) is 1. The molecule has 0 aliphatic carbocycles. The first-order valence-corrected chi connectivity index (χ1v) is 8.67. The summed E-state index contributed by atoms with van der Waals surface area (Å²) in [4.78, 5) is 14.7. The van der Waals surface area contributed by atoms with Crippen molar-refractivity contribution in [2.24, 2.45) is 11.8 Å². The van der Waals surface area contributed by atoms with Crippen molar-refractivity contribution in [2.45, 2.75) is 33.3 Å². The summed E-state index contributed by atoms with van der Waals surface area (Å²) in [5.41, 5.74) is 1.73. The molecule has 0 aromatic heterocycles. The third kappa shape index (κ3) is 5.96. The van der Waals surface area contributed by atoms with Gasteiger partial charge < -0.3 is 15.0 Å². The highest BCUT2D eigenvalue weighted by Gasteiger charge is 2.21. The van der Waals surface area contributed by atoms with Crippen molar-refractivity contribution in [2.75, 3.05) is 33.3 Å². The third-order valence-electron chi connectivity index (χ3n) is 4.38. The van der Waals surface area contributed by atoms with Crippen LogP contribution in [0, 0.1) is 11.8 Å². The molecule has 1 aromatic carbocycles. The molecular formula is C19H30N2O2. The summed E-state index contributed by atoms with van der Waals surface area (Å²) in [5, 5.41) is 3.02. The number of piperidine rings is 1. The molecule has 23 heavy (non-hydrogen) atoms. The van der Waals surface area contributed by atoms with Gasteiger partial charge >= 0.3 is 0 Å². The Morgan fingerprint density at radius 2 is 2.04 bits per heavy atom. The molecular weight excluding hydrogens is 288 g/mol. The molecule has 128 valence electrons. The Morgan fingerprint density at radius 3 is 2.74 bits per heavy atom. The zero-order valence-corrected chi connectivity index (χ0v) is 14.7. The normalized spacial score (nSPS) is 22.0. The number of hydrogen-bond donors (Lipinski definition) is 1. The molecule has 1 heterocycles. The number of hydrogen-bond acceptors (Lipinski definition) is 3. The lowest BCUT2D eigenvalue weighted by Crippen LogP contribution is -2.40. The summed E-state index contributed by atoms with van der Waals surface area (Å²) in [6.07, 6.45) is 2.34. The average Bonchev–Trinajstić information content (AvgIpc) is 2.51. The summed E-state index contributed by atoms with van der Waals surface area (Å²) in [6, 6.07) is 7.62. The van der Waals surface area contributed by atoms with Gasteiger partial charge in [0.25, 0.3) is 5.91 Å². The Balaban J connectivity index is 1.71. The van der Waals surface area contributed by atoms with E-state index < -0.39 is 0 Å². The quantitative estimate of drug-likeness (QED) is 0.786. The maximum atomic E-state index is 12.2. The zero-order chi connectivity index (χ0) is 16.7. The molecule has 0 saturated carbocycles. The lowest BCUT2D eigenvalue weighted by atomic mass is 9.92. The van der Waals surface area contributed by atoms with Gasteiger partial charge in [-0.2, -0.15) is 0 Å². The summed E-state index contributed by atoms with van der Waals surface area (Å²) >= 11 is 0. The van der Waals surface area contributed by atoms with E-state index in [0.717, 1.165) is 36.9 Å². The second-order valence-corrected chi connectivity index (χ2v) is 6.95. The molecule has 0 radical (unpaired) electrons. The molecule has 1 aliphatic rings. The molecule has 2 rings (SSSR count). The first kappa shape index (κ1) is 18.0. The lowest BCUT2D eigenvalue weighted by Gasteiger charge is -2.34. The molecule has 0 spiro atoms. The van der Waals surface area contributed by atoms with Crippen molar-refractivity contribution in [3.63, 3.8) is 0 Å². The lowest BCUT2D eigenvalue weighted by molar-refractivity contribution is 0.0947. The molecule has 1 saturated heterocycles. The second kappa shape index (κ2) is 9.04. The largest absolute Gasteiger partial charge is 0.380 e. The molecule has 2 atom stereocenters. The van der Waals surface area contributed by atoms with Crippen LogP contribution in [0.2, 0.25) is 0 Å². The van der Waals surface area contributed by atoms with E-state index in [1.807, 2.05) is 24.3 Å². The fraction of sp³-hybridized carbons (Fsp3) is 0.632. The van der Waals surface area contributed by atoms with Gasteiger partial charge in [0.05, 0.1) is 6.61 Å². The molecule has 1 aromatic rings. The van der Waals surface area contributed by atoms with Gasteiger partial charge in [-0.3, -0.25) is 4.79 Å². The monoisotopic (exact) mass is 318 g/mol. The van der Waals surface area contributed by atoms with Crippen LogP contribution in [0.4, 0.5) is 0 Å². The third-order valence-corrected chi connectivity index (χ3v) is 4.38. The highest BCUT2D eigenvalue weighted by Crippen LogP contribution is 2.20. The van der Waals surface area contributed by atoms with Gasteiger partial charge in [0, 0.05) is 32.3 Å². The van der Waals surface area contributed by atoms with Crippen molar-refractivity contribution in [3.8, 4) is 0 Å². The molecule has 1 amide bonds. The number of benzene rings is 1. The van der Waals surface area contributed by atoms with E-state index in [-0.39, 0.29) is 5.91 Å². The van der Waals surface area contributed by atoms with E-state index in [4.69, 9.17) is 4.74 Å². The first-order valence-electron chi connectivity index (χ1n) is 8.67. The molecule has 0 bridgehead atoms. The fourth-order valence-electron chi connectivity index (χ4n) is 3.55. The summed E-state index contributed by atoms with van der Waals surface area (Å²) < 4.78 is 5.11. The number of methoxy groups -OCH3 is 1. The van der Waals surface area contributed by atoms with Crippen molar-refractivity contribution in [1.82, 2.24) is 10.2 Å². The van der Waals surface area contributed by atoms with Crippen LogP contribution in [0.25, 0.3) is 0 Å². The van der Waals surface area contributed by atoms with Gasteiger partial charge in [-0.05, 0) is 48.9 Å². The smallest absolute Gasteiger partial charge is 0.251 e. The number of rotatable bonds is 7. The van der Waals surface area contributed by atoms with Crippen LogP contribution in [0.1, 0.15) is 42.6 Å². The summed E-state index contributed by atoms with van der Waals surface area (Å²) in [6.45, 7) is 9.38. The van der Waals surface area contributed by atoms with E-state index in [1.54, 1.807) is 7.11 Å². The predicted octanol–water partition coefficient (Wildman–Crippen LogP) is 2.93. The second-order valence-electron chi connectivity index (χ2n) is 6.95. The minimum atomic E-state index is 0.00309. The highest BCUT2D eigenvalue weighted by molar-refractivity contribution is 5.94. The Kier molecular flexibility index (Phi) is 7.06. The number of carbonyl (C=O) groups excluding carboxylic acids is 1. The van der Waals surface area contributed by atoms with Crippen LogP contribution in [0.3, 0.4) is 0 Å². The number of amides is 1. The van der Waals surface area contributed by atoms with Crippen LogP contribution in [0.15, 0.2) is 24.3 Å². The van der Waals surface area contributed by atoms with Crippen LogP contribution in [-0.2, 0) is 11.3 Å². The predicted molar refractivity (Wildman–Crippen MR) is 93.5 cm³/mol. The van der Waals surface area contributed by atoms with Crippen molar-refractivity contribution >= 4 is 5.91 Å². The number of ether oxygens (including phenoxy) is 1. The maximum absolute atomic E-state index is 12.2. The van der Waals surface area contributed by atoms with E-state index >= 15 is 0 Å². The summed E-state index contributed by atoms with van der Waals surface area (Å²) in [5.74, 6) is 1.58. The Bertz CT molecular complexity index is 494. The minimum absolute atomic E-state index is 0.00309. The van der Waals surface area contributed by atoms with Gasteiger partial charge in [0.1, 0.15) is 0 Å². The first-order chi connectivity index (χ1) is 11.1. The maximum Gasteiger partial charge on any atom is 0.251 e. The van der Waals surface area contributed by atoms with Gasteiger partial charge in [0.2, 0.25) is 0 Å². The minimum Gasteiger partial charge on any atom is -0.380 e. The van der Waals surface area contributed by atoms with Gasteiger partial charge in [0.15, 0.2) is 0 Å². The topological polar surface area (TPSA) is 41.6 Å². The van der Waals surface area contributed by atoms with Crippen LogP contribution < -0.4 is 5.32 Å². The molecule has 1 fully saturated rings. The van der Waals surface area contributed by atoms with Crippen LogP contribution in [-0.4, -0.2) is 44.1 Å². The van der Waals surface area contributed by atoms with Gasteiger partial charge in [-0.15, -0.1) is 0 Å². The van der Waals surface area contributed by atoms with Crippen molar-refractivity contribution < 1.29 is 9.53 Å². The Labute approximate surface area is 140 Å². The van der Waals surface area contributed by atoms with Crippen LogP contribution in [0.5, 0.6) is 0 Å². The van der Waals surface area contributed by atoms with Crippen molar-refractivity contribution in [1.29, 1.82) is 0 Å². The molecule has 1 N–H and O–H groups in total. The SMILES string of the molecule is COCc1cccc(C(=O)NCCCN2C[C@H](C)C[C@H](C)C2)c1. The van der Waals surface area contributed by atoms with E-state index in [2.05, 4.69) is 24.1 Å². The average molecular weight is 318 g/mol. The van der Waals surface area contributed by atoms with Crippen LogP contribution >= 0.6 is 0 Å². The Hall–Kier alpha value is -1.39. The fourth-order valence-corrected chi connectivity index (χ4v) is 3.55. The van der Waals surface area contributed by atoms with Gasteiger partial charge in [-0.1, -0.05) is 26.0 Å². The highest BCUT2D eigenvalue weighted by atomic mass is 16.5. The van der Waals surface area contributed by atoms with E-state index in [9.17, 15) is 4.79 Å².